The van der Waals surface area contributed by atoms with Crippen molar-refractivity contribution in [2.24, 2.45) is 0 Å². The average Bonchev–Trinajstić information content (AvgIpc) is 3.24. The molecule has 8 heteroatoms. The van der Waals surface area contributed by atoms with Gasteiger partial charge in [0.05, 0.1) is 37.9 Å². The van der Waals surface area contributed by atoms with E-state index in [-0.39, 0.29) is 6.61 Å². The number of furan rings is 1. The third-order valence-corrected chi connectivity index (χ3v) is 3.68. The van der Waals surface area contributed by atoms with E-state index < -0.39 is 0 Å². The molecule has 0 atom stereocenters. The molecule has 8 nitrogen and oxygen atoms in total. The minimum absolute atomic E-state index is 0.0876. The molecule has 4 rings (SSSR count). The van der Waals surface area contributed by atoms with Gasteiger partial charge in [-0.25, -0.2) is 0 Å². The Morgan fingerprint density at radius 2 is 2.27 bits per heavy atom. The highest BCUT2D eigenvalue weighted by Crippen LogP contribution is 2.24. The van der Waals surface area contributed by atoms with Crippen molar-refractivity contribution < 1.29 is 14.0 Å². The summed E-state index contributed by atoms with van der Waals surface area (Å²) >= 11 is 0. The van der Waals surface area contributed by atoms with E-state index >= 15 is 0 Å². The first-order chi connectivity index (χ1) is 10.8. The average molecular weight is 301 g/mol. The van der Waals surface area contributed by atoms with Gasteiger partial charge in [0.2, 0.25) is 11.7 Å². The standard InChI is InChI=1S/C14H15N5O3/c20-4-3-19-11-8-18(7-10(11)6-15-19)9-13-16-14(17-22-13)12-2-1-5-21-12/h1-2,5-6,20H,3-4,7-9H2. The largest absolute Gasteiger partial charge is 0.461 e. The highest BCUT2D eigenvalue weighted by atomic mass is 16.5. The SMILES string of the molecule is OCCn1ncc2c1CN(Cc1nc(-c3ccco3)no1)C2. The van der Waals surface area contributed by atoms with Crippen molar-refractivity contribution in [3.8, 4) is 11.6 Å². The Morgan fingerprint density at radius 1 is 1.32 bits per heavy atom. The van der Waals surface area contributed by atoms with Crippen LogP contribution in [0.5, 0.6) is 0 Å². The van der Waals surface area contributed by atoms with Crippen LogP contribution >= 0.6 is 0 Å². The quantitative estimate of drug-likeness (QED) is 0.752. The van der Waals surface area contributed by atoms with Crippen LogP contribution in [0.15, 0.2) is 33.5 Å². The zero-order valence-electron chi connectivity index (χ0n) is 11.8. The second-order valence-corrected chi connectivity index (χ2v) is 5.20. The number of aromatic nitrogens is 4. The molecule has 0 amide bonds. The molecular formula is C14H15N5O3. The van der Waals surface area contributed by atoms with Crippen LogP contribution in [-0.2, 0) is 26.2 Å². The number of hydrogen-bond acceptors (Lipinski definition) is 7. The Labute approximate surface area is 126 Å². The molecule has 1 N–H and O–H groups in total. The van der Waals surface area contributed by atoms with Crippen molar-refractivity contribution in [1.82, 2.24) is 24.8 Å². The van der Waals surface area contributed by atoms with Crippen LogP contribution in [0.4, 0.5) is 0 Å². The first kappa shape index (κ1) is 13.2. The zero-order chi connectivity index (χ0) is 14.9. The second kappa shape index (κ2) is 5.39. The minimum atomic E-state index is 0.0876. The molecule has 0 radical (unpaired) electrons. The molecule has 0 spiro atoms. The molecule has 114 valence electrons. The molecule has 3 aromatic heterocycles. The van der Waals surface area contributed by atoms with Gasteiger partial charge in [0.1, 0.15) is 0 Å². The summed E-state index contributed by atoms with van der Waals surface area (Å²) < 4.78 is 12.4. The van der Waals surface area contributed by atoms with Crippen LogP contribution in [0.3, 0.4) is 0 Å². The molecule has 0 aromatic carbocycles. The number of nitrogens with zero attached hydrogens (tertiary/aromatic N) is 5. The fraction of sp³-hybridized carbons (Fsp3) is 0.357. The van der Waals surface area contributed by atoms with Crippen molar-refractivity contribution in [3.63, 3.8) is 0 Å². The summed E-state index contributed by atoms with van der Waals surface area (Å²) in [6.45, 7) is 2.73. The first-order valence-corrected chi connectivity index (χ1v) is 7.06. The lowest BCUT2D eigenvalue weighted by Gasteiger charge is -2.12. The van der Waals surface area contributed by atoms with Gasteiger partial charge in [-0.15, -0.1) is 0 Å². The Morgan fingerprint density at radius 3 is 3.09 bits per heavy atom. The van der Waals surface area contributed by atoms with E-state index in [1.807, 2.05) is 10.9 Å². The van der Waals surface area contributed by atoms with Crippen LogP contribution in [0.1, 0.15) is 17.1 Å². The van der Waals surface area contributed by atoms with Gasteiger partial charge in [-0.1, -0.05) is 5.16 Å². The van der Waals surface area contributed by atoms with Gasteiger partial charge in [0, 0.05) is 18.7 Å². The molecule has 3 aromatic rings. The van der Waals surface area contributed by atoms with Gasteiger partial charge in [0.25, 0.3) is 0 Å². The number of aliphatic hydroxyl groups is 1. The summed E-state index contributed by atoms with van der Waals surface area (Å²) in [5.41, 5.74) is 2.32. The monoisotopic (exact) mass is 301 g/mol. The summed E-state index contributed by atoms with van der Waals surface area (Å²) in [5.74, 6) is 1.61. The molecular weight excluding hydrogens is 286 g/mol. The van der Waals surface area contributed by atoms with Gasteiger partial charge >= 0.3 is 0 Å². The topological polar surface area (TPSA) is 93.3 Å². The van der Waals surface area contributed by atoms with Crippen molar-refractivity contribution >= 4 is 0 Å². The predicted octanol–water partition coefficient (Wildman–Crippen LogP) is 1.03. The Bertz CT molecular complexity index is 761. The van der Waals surface area contributed by atoms with E-state index in [0.29, 0.717) is 30.6 Å². The van der Waals surface area contributed by atoms with Gasteiger partial charge < -0.3 is 14.0 Å². The molecule has 0 saturated carbocycles. The van der Waals surface area contributed by atoms with Gasteiger partial charge in [-0.05, 0) is 12.1 Å². The molecule has 4 heterocycles. The fourth-order valence-electron chi connectivity index (χ4n) is 2.69. The lowest BCUT2D eigenvalue weighted by Crippen LogP contribution is -2.18. The van der Waals surface area contributed by atoms with Crippen molar-refractivity contribution in [2.45, 2.75) is 26.2 Å². The van der Waals surface area contributed by atoms with E-state index in [0.717, 1.165) is 18.8 Å². The second-order valence-electron chi connectivity index (χ2n) is 5.20. The summed E-state index contributed by atoms with van der Waals surface area (Å²) in [7, 11) is 0. The lowest BCUT2D eigenvalue weighted by molar-refractivity contribution is 0.222. The van der Waals surface area contributed by atoms with Crippen LogP contribution < -0.4 is 0 Å². The van der Waals surface area contributed by atoms with Crippen LogP contribution in [0, 0.1) is 0 Å². The molecule has 22 heavy (non-hydrogen) atoms. The van der Waals surface area contributed by atoms with Crippen molar-refractivity contribution in [1.29, 1.82) is 0 Å². The van der Waals surface area contributed by atoms with Crippen molar-refractivity contribution in [2.75, 3.05) is 6.61 Å². The number of rotatable bonds is 5. The normalized spacial score (nSPS) is 14.6. The molecule has 1 aliphatic rings. The first-order valence-electron chi connectivity index (χ1n) is 7.06. The third-order valence-electron chi connectivity index (χ3n) is 3.68. The maximum Gasteiger partial charge on any atom is 0.241 e. The Hall–Kier alpha value is -2.45. The van der Waals surface area contributed by atoms with Gasteiger partial charge in [-0.2, -0.15) is 10.1 Å². The van der Waals surface area contributed by atoms with Crippen molar-refractivity contribution in [3.05, 3.63) is 41.7 Å². The lowest BCUT2D eigenvalue weighted by atomic mass is 10.3. The summed E-state index contributed by atoms with van der Waals surface area (Å²) in [5, 5.41) is 17.2. The molecule has 0 saturated heterocycles. The highest BCUT2D eigenvalue weighted by molar-refractivity contribution is 5.44. The summed E-state index contributed by atoms with van der Waals surface area (Å²) in [4.78, 5) is 6.54. The Balaban J connectivity index is 1.45. The third kappa shape index (κ3) is 2.32. The van der Waals surface area contributed by atoms with E-state index in [4.69, 9.17) is 14.0 Å². The Kier molecular flexibility index (Phi) is 3.24. The van der Waals surface area contributed by atoms with E-state index in [2.05, 4.69) is 20.1 Å². The minimum Gasteiger partial charge on any atom is -0.461 e. The molecule has 0 bridgehead atoms. The van der Waals surface area contributed by atoms with E-state index in [9.17, 15) is 0 Å². The van der Waals surface area contributed by atoms with Gasteiger partial charge in [0.15, 0.2) is 5.76 Å². The molecule has 0 aliphatic carbocycles. The smallest absolute Gasteiger partial charge is 0.241 e. The maximum absolute atomic E-state index is 9.05. The molecule has 1 aliphatic heterocycles. The maximum atomic E-state index is 9.05. The molecule has 0 fully saturated rings. The van der Waals surface area contributed by atoms with Crippen LogP contribution in [0.2, 0.25) is 0 Å². The van der Waals surface area contributed by atoms with Crippen LogP contribution in [-0.4, -0.2) is 36.5 Å². The molecule has 0 unspecified atom stereocenters. The van der Waals surface area contributed by atoms with Gasteiger partial charge in [-0.3, -0.25) is 9.58 Å². The number of aliphatic hydroxyl groups excluding tert-OH is 1. The summed E-state index contributed by atoms with van der Waals surface area (Å²) in [6.07, 6.45) is 3.43. The number of hydrogen-bond donors (Lipinski definition) is 1. The van der Waals surface area contributed by atoms with E-state index in [1.165, 1.54) is 5.56 Å². The summed E-state index contributed by atoms with van der Waals surface area (Å²) in [6, 6.07) is 3.58. The van der Waals surface area contributed by atoms with E-state index in [1.54, 1.807) is 18.4 Å². The predicted molar refractivity (Wildman–Crippen MR) is 74.3 cm³/mol. The number of fused-ring (bicyclic) bond motifs is 1. The fourth-order valence-corrected chi connectivity index (χ4v) is 2.69. The highest BCUT2D eigenvalue weighted by Gasteiger charge is 2.25. The van der Waals surface area contributed by atoms with Crippen LogP contribution in [0.25, 0.3) is 11.6 Å². The zero-order valence-corrected chi connectivity index (χ0v) is 11.8.